The summed E-state index contributed by atoms with van der Waals surface area (Å²) < 4.78 is 0. The smallest absolute Gasteiger partial charge is 0.0426 e. The summed E-state index contributed by atoms with van der Waals surface area (Å²) in [7, 11) is 0. The number of benzene rings is 12. The molecule has 0 atom stereocenters. The molecule has 0 aliphatic carbocycles. The van der Waals surface area contributed by atoms with Crippen LogP contribution < -0.4 is 5.32 Å². The number of fused-ring (bicyclic) bond motifs is 4. The van der Waals surface area contributed by atoms with E-state index in [2.05, 4.69) is 195 Å². The van der Waals surface area contributed by atoms with Crippen molar-refractivity contribution in [3.05, 3.63) is 189 Å². The molecular formula is C63H53N. The van der Waals surface area contributed by atoms with Gasteiger partial charge in [0.05, 0.1) is 0 Å². The lowest BCUT2D eigenvalue weighted by atomic mass is 9.83. The molecule has 0 radical (unpaired) electrons. The predicted molar refractivity (Wildman–Crippen MR) is 281 cm³/mol. The molecule has 0 aromatic heterocycles. The minimum atomic E-state index is 0.994. The third kappa shape index (κ3) is 5.37. The topological polar surface area (TPSA) is 12.0 Å². The first-order valence-electron chi connectivity index (χ1n) is 23.1. The van der Waals surface area contributed by atoms with Crippen LogP contribution in [0.2, 0.25) is 0 Å². The molecule has 12 rings (SSSR count). The minimum absolute atomic E-state index is 0.994. The largest absolute Gasteiger partial charge is 0.355 e. The van der Waals surface area contributed by atoms with Gasteiger partial charge < -0.3 is 5.32 Å². The third-order valence-corrected chi connectivity index (χ3v) is 15.7. The maximum atomic E-state index is 4.10. The Morgan fingerprint density at radius 2 is 0.797 bits per heavy atom. The van der Waals surface area contributed by atoms with Gasteiger partial charge in [0.15, 0.2) is 0 Å². The molecule has 0 spiro atoms. The summed E-state index contributed by atoms with van der Waals surface area (Å²) in [6.45, 7) is 20.6. The number of nitrogens with one attached hydrogen (secondary N) is 1. The molecule has 310 valence electrons. The second-order valence-electron chi connectivity index (χ2n) is 19.1. The average molecular weight is 824 g/mol. The van der Waals surface area contributed by atoms with Crippen LogP contribution in [0.15, 0.2) is 127 Å². The van der Waals surface area contributed by atoms with Crippen molar-refractivity contribution in [2.45, 2.75) is 75.2 Å². The van der Waals surface area contributed by atoms with E-state index in [9.17, 15) is 0 Å². The molecule has 0 amide bonds. The van der Waals surface area contributed by atoms with E-state index in [-0.39, 0.29) is 0 Å². The summed E-state index contributed by atoms with van der Waals surface area (Å²) >= 11 is 0. The molecule has 0 fully saturated rings. The van der Waals surface area contributed by atoms with E-state index in [0.29, 0.717) is 0 Å². The van der Waals surface area contributed by atoms with Gasteiger partial charge in [0, 0.05) is 11.4 Å². The molecule has 12 aromatic rings. The Morgan fingerprint density at radius 1 is 0.297 bits per heavy atom. The Labute approximate surface area is 376 Å². The number of rotatable bonds is 6. The van der Waals surface area contributed by atoms with E-state index < -0.39 is 0 Å². The SMILES string of the molecule is Cc1cccc(-c2cccc(CCc3cc4cccc5c6c(C)c(Nc7cc8c9ccc(C)c%10c(C)ccc(c%11ccc(C)c(c7C)c%118)c%109)cc7cccc(c(c3C)c45)c76)c2C)c1C. The molecule has 0 saturated carbocycles. The zero-order chi connectivity index (χ0) is 43.9. The number of aryl methyl sites for hydroxylation is 9. The average Bonchev–Trinajstić information content (AvgIpc) is 3.29. The summed E-state index contributed by atoms with van der Waals surface area (Å²) in [4.78, 5) is 0. The van der Waals surface area contributed by atoms with Gasteiger partial charge in [-0.05, 0) is 246 Å². The molecule has 0 bridgehead atoms. The zero-order valence-corrected chi connectivity index (χ0v) is 38.5. The van der Waals surface area contributed by atoms with Crippen LogP contribution in [0.1, 0.15) is 61.2 Å². The van der Waals surface area contributed by atoms with Crippen LogP contribution in [-0.4, -0.2) is 0 Å². The molecule has 0 unspecified atom stereocenters. The van der Waals surface area contributed by atoms with E-state index >= 15 is 0 Å². The molecule has 0 aliphatic heterocycles. The van der Waals surface area contributed by atoms with Crippen molar-refractivity contribution in [2.75, 3.05) is 5.32 Å². The first-order chi connectivity index (χ1) is 31.0. The molecule has 1 nitrogen and oxygen atoms in total. The van der Waals surface area contributed by atoms with Crippen molar-refractivity contribution in [3.63, 3.8) is 0 Å². The zero-order valence-electron chi connectivity index (χ0n) is 38.5. The normalized spacial score (nSPS) is 12.3. The van der Waals surface area contributed by atoms with Gasteiger partial charge in [0.25, 0.3) is 0 Å². The highest BCUT2D eigenvalue weighted by Gasteiger charge is 2.23. The highest BCUT2D eigenvalue weighted by molar-refractivity contribution is 6.36. The summed E-state index contributed by atoms with van der Waals surface area (Å²) in [6.07, 6.45) is 2.00. The second kappa shape index (κ2) is 14.0. The highest BCUT2D eigenvalue weighted by Crippen LogP contribution is 2.49. The van der Waals surface area contributed by atoms with Gasteiger partial charge >= 0.3 is 0 Å². The lowest BCUT2D eigenvalue weighted by Crippen LogP contribution is -2.02. The molecule has 12 aromatic carbocycles. The Morgan fingerprint density at radius 3 is 1.47 bits per heavy atom. The lowest BCUT2D eigenvalue weighted by Gasteiger charge is -2.23. The van der Waals surface area contributed by atoms with Crippen molar-refractivity contribution in [1.29, 1.82) is 0 Å². The quantitative estimate of drug-likeness (QED) is 0.130. The Balaban J connectivity index is 1.01. The van der Waals surface area contributed by atoms with Gasteiger partial charge in [0.1, 0.15) is 0 Å². The summed E-state index contributed by atoms with van der Waals surface area (Å²) in [5.74, 6) is 0. The molecule has 1 N–H and O–H groups in total. The van der Waals surface area contributed by atoms with Gasteiger partial charge in [-0.15, -0.1) is 0 Å². The highest BCUT2D eigenvalue weighted by atomic mass is 14.9. The molecular weight excluding hydrogens is 771 g/mol. The van der Waals surface area contributed by atoms with Gasteiger partial charge in [-0.3, -0.25) is 0 Å². The standard InChI is InChI=1S/C63H53N/c1-33-14-10-18-46(37(33)5)47-19-11-15-42(38(47)6)25-26-43-30-44-16-12-21-52-59-41(9)54(31-45-17-13-20-51(61(45)59)58(39(43)7)60(44)52)64-55-32-53-50-29-23-35(3)56-34(2)22-27-48(62(50)56)49-28-24-36(4)57(40(55)8)63(49)53/h10-24,27-32,64H,25-26H2,1-9H3. The predicted octanol–water partition coefficient (Wildman–Crippen LogP) is 17.8. The fourth-order valence-corrected chi connectivity index (χ4v) is 12.2. The van der Waals surface area contributed by atoms with Crippen LogP contribution in [0.25, 0.3) is 97.3 Å². The Bertz CT molecular complexity index is 3950. The van der Waals surface area contributed by atoms with E-state index in [1.54, 1.807) is 0 Å². The van der Waals surface area contributed by atoms with Crippen molar-refractivity contribution >= 4 is 97.6 Å². The first-order valence-corrected chi connectivity index (χ1v) is 23.1. The van der Waals surface area contributed by atoms with Crippen LogP contribution in [0.3, 0.4) is 0 Å². The van der Waals surface area contributed by atoms with Crippen LogP contribution in [0, 0.1) is 62.3 Å². The Hall–Kier alpha value is -6.96. The van der Waals surface area contributed by atoms with Crippen LogP contribution in [0.5, 0.6) is 0 Å². The molecule has 64 heavy (non-hydrogen) atoms. The van der Waals surface area contributed by atoms with Crippen molar-refractivity contribution < 1.29 is 0 Å². The van der Waals surface area contributed by atoms with Gasteiger partial charge in [-0.1, -0.05) is 115 Å². The third-order valence-electron chi connectivity index (χ3n) is 15.7. The molecule has 0 heterocycles. The molecule has 0 saturated heterocycles. The van der Waals surface area contributed by atoms with E-state index in [0.717, 1.165) is 18.5 Å². The van der Waals surface area contributed by atoms with Gasteiger partial charge in [-0.25, -0.2) is 0 Å². The van der Waals surface area contributed by atoms with E-state index in [1.807, 2.05) is 0 Å². The maximum Gasteiger partial charge on any atom is 0.0426 e. The molecule has 0 aliphatic rings. The van der Waals surface area contributed by atoms with Crippen LogP contribution in [0.4, 0.5) is 11.4 Å². The first kappa shape index (κ1) is 38.7. The van der Waals surface area contributed by atoms with Gasteiger partial charge in [0.2, 0.25) is 0 Å². The van der Waals surface area contributed by atoms with E-state index in [1.165, 1.54) is 164 Å². The fourth-order valence-electron chi connectivity index (χ4n) is 12.2. The fraction of sp³-hybridized carbons (Fsp3) is 0.175. The monoisotopic (exact) mass is 823 g/mol. The van der Waals surface area contributed by atoms with Crippen LogP contribution >= 0.6 is 0 Å². The Kier molecular flexibility index (Phi) is 8.48. The second-order valence-corrected chi connectivity index (χ2v) is 19.1. The van der Waals surface area contributed by atoms with Crippen molar-refractivity contribution in [2.24, 2.45) is 0 Å². The van der Waals surface area contributed by atoms with Crippen LogP contribution in [-0.2, 0) is 12.8 Å². The maximum absolute atomic E-state index is 4.10. The number of hydrogen-bond donors (Lipinski definition) is 1. The van der Waals surface area contributed by atoms with Crippen molar-refractivity contribution in [3.8, 4) is 11.1 Å². The van der Waals surface area contributed by atoms with Crippen molar-refractivity contribution in [1.82, 2.24) is 0 Å². The summed E-state index contributed by atoms with van der Waals surface area (Å²) in [5.41, 5.74) is 20.0. The van der Waals surface area contributed by atoms with Gasteiger partial charge in [-0.2, -0.15) is 0 Å². The lowest BCUT2D eigenvalue weighted by molar-refractivity contribution is 0.944. The number of hydrogen-bond acceptors (Lipinski definition) is 1. The van der Waals surface area contributed by atoms with E-state index in [4.69, 9.17) is 0 Å². The summed E-state index contributed by atoms with van der Waals surface area (Å²) in [6, 6.07) is 48.9. The summed E-state index contributed by atoms with van der Waals surface area (Å²) in [5, 5.41) is 25.7. The minimum Gasteiger partial charge on any atom is -0.355 e. The molecule has 1 heteroatoms. The number of anilines is 2.